The van der Waals surface area contributed by atoms with Crippen LogP contribution in [0.1, 0.15) is 12.5 Å². The first-order valence-corrected chi connectivity index (χ1v) is 4.68. The van der Waals surface area contributed by atoms with E-state index in [0.29, 0.717) is 12.5 Å². The highest BCUT2D eigenvalue weighted by molar-refractivity contribution is 6.17. The summed E-state index contributed by atoms with van der Waals surface area (Å²) in [6.07, 6.45) is 0. The number of ether oxygens (including phenoxy) is 1. The molecular formula is C11H13ClO. The van der Waals surface area contributed by atoms with Gasteiger partial charge in [-0.15, -0.1) is 11.6 Å². The third-order valence-corrected chi connectivity index (χ3v) is 1.87. The van der Waals surface area contributed by atoms with Gasteiger partial charge in [-0.3, -0.25) is 0 Å². The third kappa shape index (κ3) is 3.51. The van der Waals surface area contributed by atoms with E-state index in [1.807, 2.05) is 31.2 Å². The highest BCUT2D eigenvalue weighted by atomic mass is 35.5. The van der Waals surface area contributed by atoms with Gasteiger partial charge >= 0.3 is 0 Å². The van der Waals surface area contributed by atoms with Crippen molar-refractivity contribution in [1.29, 1.82) is 0 Å². The van der Waals surface area contributed by atoms with Crippen LogP contribution in [0, 0.1) is 0 Å². The lowest BCUT2D eigenvalue weighted by Gasteiger charge is -2.05. The van der Waals surface area contributed by atoms with E-state index in [9.17, 15) is 0 Å². The van der Waals surface area contributed by atoms with Crippen LogP contribution >= 0.6 is 11.6 Å². The molecule has 0 fully saturated rings. The van der Waals surface area contributed by atoms with E-state index in [4.69, 9.17) is 16.3 Å². The van der Waals surface area contributed by atoms with Crippen molar-refractivity contribution in [3.63, 3.8) is 0 Å². The Kier molecular flexibility index (Phi) is 3.84. The van der Waals surface area contributed by atoms with Crippen molar-refractivity contribution in [3.05, 3.63) is 42.0 Å². The Hall–Kier alpha value is -0.950. The molecule has 0 aromatic heterocycles. The minimum absolute atomic E-state index is 0.542. The van der Waals surface area contributed by atoms with Crippen LogP contribution in [0.15, 0.2) is 36.4 Å². The molecule has 1 nitrogen and oxygen atoms in total. The summed E-state index contributed by atoms with van der Waals surface area (Å²) < 4.78 is 5.42. The average molecular weight is 197 g/mol. The molecule has 0 heterocycles. The highest BCUT2D eigenvalue weighted by Crippen LogP contribution is 2.13. The van der Waals surface area contributed by atoms with Crippen molar-refractivity contribution in [3.8, 4) is 5.75 Å². The average Bonchev–Trinajstić information content (AvgIpc) is 2.15. The summed E-state index contributed by atoms with van der Waals surface area (Å²) in [6.45, 7) is 6.27. The van der Waals surface area contributed by atoms with Crippen molar-refractivity contribution >= 4 is 11.6 Å². The molecular weight excluding hydrogens is 184 g/mol. The molecule has 0 saturated carbocycles. The topological polar surface area (TPSA) is 9.23 Å². The van der Waals surface area contributed by atoms with Gasteiger partial charge in [-0.2, -0.15) is 0 Å². The van der Waals surface area contributed by atoms with E-state index < -0.39 is 0 Å². The predicted octanol–water partition coefficient (Wildman–Crippen LogP) is 3.38. The molecule has 13 heavy (non-hydrogen) atoms. The van der Waals surface area contributed by atoms with E-state index in [0.717, 1.165) is 16.9 Å². The first kappa shape index (κ1) is 10.1. The lowest BCUT2D eigenvalue weighted by Crippen LogP contribution is -1.97. The molecule has 0 bridgehead atoms. The highest BCUT2D eigenvalue weighted by Gasteiger charge is 1.94. The van der Waals surface area contributed by atoms with Crippen LogP contribution in [-0.4, -0.2) is 6.61 Å². The fourth-order valence-electron chi connectivity index (χ4n) is 0.881. The Balaban J connectivity index is 2.54. The van der Waals surface area contributed by atoms with E-state index in [2.05, 4.69) is 6.58 Å². The Morgan fingerprint density at radius 1 is 1.38 bits per heavy atom. The fourth-order valence-corrected chi connectivity index (χ4v) is 1.06. The van der Waals surface area contributed by atoms with Gasteiger partial charge in [0.25, 0.3) is 0 Å². The molecule has 0 N–H and O–H groups in total. The predicted molar refractivity (Wildman–Crippen MR) is 56.3 cm³/mol. The maximum absolute atomic E-state index is 5.65. The second kappa shape index (κ2) is 4.93. The quantitative estimate of drug-likeness (QED) is 0.530. The molecule has 0 amide bonds. The maximum atomic E-state index is 5.65. The van der Waals surface area contributed by atoms with Crippen molar-refractivity contribution in [2.24, 2.45) is 0 Å². The lowest BCUT2D eigenvalue weighted by atomic mass is 10.2. The molecule has 0 saturated heterocycles. The van der Waals surface area contributed by atoms with Gasteiger partial charge in [0, 0.05) is 5.88 Å². The Morgan fingerprint density at radius 3 is 2.46 bits per heavy atom. The number of alkyl halides is 1. The zero-order valence-electron chi connectivity index (χ0n) is 7.72. The molecule has 1 aromatic carbocycles. The molecule has 0 aliphatic carbocycles. The minimum atomic E-state index is 0.542. The van der Waals surface area contributed by atoms with Crippen LogP contribution in [-0.2, 0) is 5.88 Å². The van der Waals surface area contributed by atoms with E-state index in [1.165, 1.54) is 0 Å². The summed E-state index contributed by atoms with van der Waals surface area (Å²) in [7, 11) is 0. The lowest BCUT2D eigenvalue weighted by molar-refractivity contribution is 0.352. The van der Waals surface area contributed by atoms with Gasteiger partial charge in [0.2, 0.25) is 0 Å². The van der Waals surface area contributed by atoms with Gasteiger partial charge in [0.05, 0.1) is 0 Å². The summed E-state index contributed by atoms with van der Waals surface area (Å²) in [4.78, 5) is 0. The normalized spacial score (nSPS) is 9.69. The number of rotatable bonds is 4. The van der Waals surface area contributed by atoms with Crippen LogP contribution < -0.4 is 4.74 Å². The largest absolute Gasteiger partial charge is 0.489 e. The second-order valence-corrected chi connectivity index (χ2v) is 3.29. The summed E-state index contributed by atoms with van der Waals surface area (Å²) in [5.74, 6) is 1.40. The second-order valence-electron chi connectivity index (χ2n) is 3.02. The Bertz CT molecular complexity index is 277. The molecule has 0 aliphatic heterocycles. The zero-order valence-corrected chi connectivity index (χ0v) is 8.47. The standard InChI is InChI=1S/C11H13ClO/c1-9(2)8-13-11-5-3-10(7-12)4-6-11/h3-6H,1,7-8H2,2H3. The first-order valence-electron chi connectivity index (χ1n) is 4.14. The van der Waals surface area contributed by atoms with Crippen molar-refractivity contribution in [2.45, 2.75) is 12.8 Å². The van der Waals surface area contributed by atoms with Crippen LogP contribution in [0.25, 0.3) is 0 Å². The molecule has 0 spiro atoms. The van der Waals surface area contributed by atoms with Crippen LogP contribution in [0.2, 0.25) is 0 Å². The smallest absolute Gasteiger partial charge is 0.119 e. The SMILES string of the molecule is C=C(C)COc1ccc(CCl)cc1. The molecule has 0 atom stereocenters. The van der Waals surface area contributed by atoms with Gasteiger partial charge in [-0.1, -0.05) is 18.7 Å². The van der Waals surface area contributed by atoms with E-state index >= 15 is 0 Å². The number of hydrogen-bond donors (Lipinski definition) is 0. The van der Waals surface area contributed by atoms with Gasteiger partial charge in [0.1, 0.15) is 12.4 Å². The summed E-state index contributed by atoms with van der Waals surface area (Å²) in [5.41, 5.74) is 2.12. The van der Waals surface area contributed by atoms with Crippen molar-refractivity contribution < 1.29 is 4.74 Å². The molecule has 0 radical (unpaired) electrons. The van der Waals surface area contributed by atoms with Gasteiger partial charge in [-0.05, 0) is 30.2 Å². The van der Waals surface area contributed by atoms with Crippen molar-refractivity contribution in [2.75, 3.05) is 6.61 Å². The number of benzene rings is 1. The van der Waals surface area contributed by atoms with Gasteiger partial charge < -0.3 is 4.74 Å². The third-order valence-electron chi connectivity index (χ3n) is 1.56. The van der Waals surface area contributed by atoms with Crippen molar-refractivity contribution in [1.82, 2.24) is 0 Å². The van der Waals surface area contributed by atoms with Crippen LogP contribution in [0.3, 0.4) is 0 Å². The molecule has 0 aliphatic rings. The Labute approximate surface area is 84.0 Å². The molecule has 1 rings (SSSR count). The molecule has 70 valence electrons. The number of hydrogen-bond acceptors (Lipinski definition) is 1. The maximum Gasteiger partial charge on any atom is 0.119 e. The molecule has 2 heteroatoms. The van der Waals surface area contributed by atoms with Gasteiger partial charge in [-0.25, -0.2) is 0 Å². The van der Waals surface area contributed by atoms with Gasteiger partial charge in [0.15, 0.2) is 0 Å². The zero-order chi connectivity index (χ0) is 9.68. The number of halogens is 1. The summed E-state index contributed by atoms with van der Waals surface area (Å²) in [5, 5.41) is 0. The summed E-state index contributed by atoms with van der Waals surface area (Å²) in [6, 6.07) is 7.75. The van der Waals surface area contributed by atoms with E-state index in [1.54, 1.807) is 0 Å². The molecule has 1 aromatic rings. The Morgan fingerprint density at radius 2 is 2.00 bits per heavy atom. The summed E-state index contributed by atoms with van der Waals surface area (Å²) >= 11 is 5.65. The van der Waals surface area contributed by atoms with Crippen LogP contribution in [0.5, 0.6) is 5.75 Å². The fraction of sp³-hybridized carbons (Fsp3) is 0.273. The van der Waals surface area contributed by atoms with Crippen LogP contribution in [0.4, 0.5) is 0 Å². The molecule has 0 unspecified atom stereocenters. The first-order chi connectivity index (χ1) is 6.22. The minimum Gasteiger partial charge on any atom is -0.489 e. The monoisotopic (exact) mass is 196 g/mol. The van der Waals surface area contributed by atoms with E-state index in [-0.39, 0.29) is 0 Å².